The highest BCUT2D eigenvalue weighted by atomic mass is 32.1. The van der Waals surface area contributed by atoms with E-state index in [4.69, 9.17) is 0 Å². The Hall–Kier alpha value is -2.32. The molecule has 2 aromatic heterocycles. The van der Waals surface area contributed by atoms with Gasteiger partial charge in [0.1, 0.15) is 0 Å². The van der Waals surface area contributed by atoms with Crippen molar-refractivity contribution in [1.29, 1.82) is 0 Å². The number of aromatic nitrogens is 1. The van der Waals surface area contributed by atoms with Crippen molar-refractivity contribution in [3.05, 3.63) is 60.7 Å². The molecule has 2 heterocycles. The lowest BCUT2D eigenvalue weighted by Gasteiger charge is -1.99. The van der Waals surface area contributed by atoms with Crippen molar-refractivity contribution in [1.82, 2.24) is 4.98 Å². The largest absolute Gasteiger partial charge is 0.353 e. The topological polar surface area (TPSA) is 15.8 Å². The van der Waals surface area contributed by atoms with Crippen LogP contribution in [0.3, 0.4) is 0 Å². The zero-order chi connectivity index (χ0) is 13.1. The fourth-order valence-electron chi connectivity index (χ4n) is 3.10. The van der Waals surface area contributed by atoms with Gasteiger partial charge in [0.15, 0.2) is 0 Å². The van der Waals surface area contributed by atoms with E-state index in [-0.39, 0.29) is 0 Å². The van der Waals surface area contributed by atoms with Crippen LogP contribution >= 0.6 is 11.3 Å². The van der Waals surface area contributed by atoms with E-state index in [1.807, 2.05) is 11.3 Å². The molecule has 0 fully saturated rings. The number of fused-ring (bicyclic) bond motifs is 7. The number of thiophene rings is 1. The molecule has 5 rings (SSSR count). The van der Waals surface area contributed by atoms with Crippen LogP contribution in [-0.4, -0.2) is 4.98 Å². The number of aromatic amines is 1. The van der Waals surface area contributed by atoms with Crippen LogP contribution in [0.2, 0.25) is 0 Å². The van der Waals surface area contributed by atoms with Gasteiger partial charge in [-0.05, 0) is 22.9 Å². The van der Waals surface area contributed by atoms with Gasteiger partial charge in [0, 0.05) is 21.0 Å². The first-order valence-electron chi connectivity index (χ1n) is 6.72. The highest BCUT2D eigenvalue weighted by Gasteiger charge is 2.12. The Bertz CT molecular complexity index is 1100. The molecule has 0 unspecified atom stereocenters. The Kier molecular flexibility index (Phi) is 1.89. The predicted molar refractivity (Wildman–Crippen MR) is 88.7 cm³/mol. The summed E-state index contributed by atoms with van der Waals surface area (Å²) in [5.74, 6) is 0. The average Bonchev–Trinajstić information content (AvgIpc) is 3.03. The lowest BCUT2D eigenvalue weighted by Crippen LogP contribution is -1.73. The van der Waals surface area contributed by atoms with E-state index in [0.717, 1.165) is 0 Å². The van der Waals surface area contributed by atoms with Crippen LogP contribution in [0, 0.1) is 0 Å². The van der Waals surface area contributed by atoms with Gasteiger partial charge in [-0.2, -0.15) is 0 Å². The summed E-state index contributed by atoms with van der Waals surface area (Å²) in [6, 6.07) is 21.6. The summed E-state index contributed by atoms with van der Waals surface area (Å²) in [6.07, 6.45) is 0. The van der Waals surface area contributed by atoms with Crippen molar-refractivity contribution in [2.24, 2.45) is 0 Å². The molecule has 0 saturated carbocycles. The molecule has 1 N–H and O–H groups in total. The second kappa shape index (κ2) is 3.62. The molecule has 2 heteroatoms. The molecule has 5 aromatic rings. The minimum atomic E-state index is 1.23. The summed E-state index contributed by atoms with van der Waals surface area (Å²) in [5, 5.41) is 5.33. The normalized spacial score (nSPS) is 12.0. The molecule has 3 aromatic carbocycles. The maximum Gasteiger partial charge on any atom is 0.0660 e. The zero-order valence-electron chi connectivity index (χ0n) is 10.7. The van der Waals surface area contributed by atoms with E-state index >= 15 is 0 Å². The molecule has 1 nitrogen and oxygen atoms in total. The Labute approximate surface area is 119 Å². The Morgan fingerprint density at radius 1 is 0.750 bits per heavy atom. The van der Waals surface area contributed by atoms with Crippen LogP contribution in [0.1, 0.15) is 0 Å². The minimum absolute atomic E-state index is 1.23. The lowest BCUT2D eigenvalue weighted by molar-refractivity contribution is 1.57. The lowest BCUT2D eigenvalue weighted by atomic mass is 10.1. The number of H-pyrrole nitrogens is 1. The smallest absolute Gasteiger partial charge is 0.0660 e. The van der Waals surface area contributed by atoms with Crippen LogP contribution < -0.4 is 0 Å². The second-order valence-electron chi connectivity index (χ2n) is 5.14. The van der Waals surface area contributed by atoms with Crippen LogP contribution in [0.25, 0.3) is 42.0 Å². The fourth-order valence-corrected chi connectivity index (χ4v) is 4.32. The molecule has 0 saturated heterocycles. The second-order valence-corrected chi connectivity index (χ2v) is 6.19. The number of hydrogen-bond acceptors (Lipinski definition) is 1. The number of hydrogen-bond donors (Lipinski definition) is 1. The van der Waals surface area contributed by atoms with Gasteiger partial charge in [-0.3, -0.25) is 0 Å². The third-order valence-corrected chi connectivity index (χ3v) is 5.20. The summed E-state index contributed by atoms with van der Waals surface area (Å²) in [7, 11) is 0. The molecule has 0 aliphatic rings. The van der Waals surface area contributed by atoms with E-state index in [1.54, 1.807) is 0 Å². The van der Waals surface area contributed by atoms with Crippen LogP contribution in [0.15, 0.2) is 60.7 Å². The molecule has 0 amide bonds. The van der Waals surface area contributed by atoms with Crippen LogP contribution in [-0.2, 0) is 0 Å². The molecular formula is C18H11NS. The van der Waals surface area contributed by atoms with Crippen molar-refractivity contribution >= 4 is 53.3 Å². The van der Waals surface area contributed by atoms with Gasteiger partial charge in [0.2, 0.25) is 0 Å². The Morgan fingerprint density at radius 3 is 2.50 bits per heavy atom. The van der Waals surface area contributed by atoms with Gasteiger partial charge in [-0.1, -0.05) is 48.5 Å². The maximum absolute atomic E-state index is 3.60. The van der Waals surface area contributed by atoms with E-state index < -0.39 is 0 Å². The summed E-state index contributed by atoms with van der Waals surface area (Å²) in [6.45, 7) is 0. The molecule has 0 radical (unpaired) electrons. The molecule has 0 spiro atoms. The highest BCUT2D eigenvalue weighted by molar-refractivity contribution is 7.26. The number of rotatable bonds is 0. The fraction of sp³-hybridized carbons (Fsp3) is 0. The van der Waals surface area contributed by atoms with Gasteiger partial charge < -0.3 is 4.98 Å². The Balaban J connectivity index is 2.13. The maximum atomic E-state index is 3.60. The van der Waals surface area contributed by atoms with Gasteiger partial charge in [0.25, 0.3) is 0 Å². The van der Waals surface area contributed by atoms with Crippen molar-refractivity contribution in [2.45, 2.75) is 0 Å². The number of para-hydroxylation sites is 1. The first-order chi connectivity index (χ1) is 9.92. The Morgan fingerprint density at radius 2 is 1.55 bits per heavy atom. The quantitative estimate of drug-likeness (QED) is 0.373. The zero-order valence-corrected chi connectivity index (χ0v) is 11.5. The first-order valence-corrected chi connectivity index (χ1v) is 7.54. The molecule has 94 valence electrons. The van der Waals surface area contributed by atoms with E-state index in [9.17, 15) is 0 Å². The van der Waals surface area contributed by atoms with Gasteiger partial charge in [0.05, 0.1) is 10.2 Å². The number of nitrogens with one attached hydrogen (secondary N) is 1. The van der Waals surface area contributed by atoms with Crippen molar-refractivity contribution in [2.75, 3.05) is 0 Å². The molecule has 0 aliphatic carbocycles. The standard InChI is InChI=1S/C18H11NS/c1-2-6-12-11(5-1)9-10-15-16(12)17-18(20-15)13-7-3-4-8-14(13)19-17/h1-10,19H. The van der Waals surface area contributed by atoms with Gasteiger partial charge >= 0.3 is 0 Å². The van der Waals surface area contributed by atoms with Gasteiger partial charge in [-0.15, -0.1) is 11.3 Å². The van der Waals surface area contributed by atoms with Crippen molar-refractivity contribution in [3.63, 3.8) is 0 Å². The monoisotopic (exact) mass is 273 g/mol. The molecule has 20 heavy (non-hydrogen) atoms. The van der Waals surface area contributed by atoms with E-state index in [0.29, 0.717) is 0 Å². The van der Waals surface area contributed by atoms with Gasteiger partial charge in [-0.25, -0.2) is 0 Å². The van der Waals surface area contributed by atoms with E-state index in [1.165, 1.54) is 42.0 Å². The molecular weight excluding hydrogens is 262 g/mol. The molecule has 0 bridgehead atoms. The number of benzene rings is 3. The van der Waals surface area contributed by atoms with Crippen molar-refractivity contribution < 1.29 is 0 Å². The predicted octanol–water partition coefficient (Wildman–Crippen LogP) is 5.69. The highest BCUT2D eigenvalue weighted by Crippen LogP contribution is 2.41. The third kappa shape index (κ3) is 1.22. The summed E-state index contributed by atoms with van der Waals surface area (Å²) in [5.41, 5.74) is 2.51. The van der Waals surface area contributed by atoms with Crippen molar-refractivity contribution in [3.8, 4) is 0 Å². The SMILES string of the molecule is c1ccc2c(c1)ccc1sc3c4ccccc4[nH]c3c12. The first kappa shape index (κ1) is 10.5. The van der Waals surface area contributed by atoms with Crippen LogP contribution in [0.5, 0.6) is 0 Å². The summed E-state index contributed by atoms with van der Waals surface area (Å²) >= 11 is 1.88. The molecule has 0 atom stereocenters. The molecule has 0 aliphatic heterocycles. The summed E-state index contributed by atoms with van der Waals surface area (Å²) < 4.78 is 2.72. The third-order valence-electron chi connectivity index (χ3n) is 4.01. The van der Waals surface area contributed by atoms with E-state index in [2.05, 4.69) is 65.6 Å². The minimum Gasteiger partial charge on any atom is -0.353 e. The van der Waals surface area contributed by atoms with Crippen LogP contribution in [0.4, 0.5) is 0 Å². The average molecular weight is 273 g/mol. The summed E-state index contributed by atoms with van der Waals surface area (Å²) in [4.78, 5) is 3.60.